The van der Waals surface area contributed by atoms with Crippen molar-refractivity contribution in [2.45, 2.75) is 13.8 Å². The van der Waals surface area contributed by atoms with Crippen molar-refractivity contribution in [3.05, 3.63) is 71.9 Å². The van der Waals surface area contributed by atoms with E-state index in [1.165, 1.54) is 6.20 Å². The smallest absolute Gasteiger partial charge is 0.243 e. The van der Waals surface area contributed by atoms with E-state index in [-0.39, 0.29) is 5.56 Å². The standard InChI is InChI=1S/C23H19N2O/c1-14-12-19(25(3)24-13-14)21-15(2)16-8-4-5-9-17(16)22-18-10-6-7-11-20(18)26-23(21)22/h4-13H,1-3H3/q+1/i1D3. The number of para-hydroxylation sites is 1. The molecule has 0 saturated carbocycles. The number of hydrogen-bond donors (Lipinski definition) is 0. The first-order valence-electron chi connectivity index (χ1n) is 10.1. The van der Waals surface area contributed by atoms with Gasteiger partial charge < -0.3 is 4.42 Å². The third-order valence-electron chi connectivity index (χ3n) is 5.06. The topological polar surface area (TPSA) is 29.9 Å². The second-order valence-electron chi connectivity index (χ2n) is 6.60. The van der Waals surface area contributed by atoms with Crippen LogP contribution in [0.1, 0.15) is 15.2 Å². The molecule has 0 atom stereocenters. The zero-order chi connectivity index (χ0) is 20.3. The molecule has 0 bridgehead atoms. The Labute approximate surface area is 155 Å². The largest absolute Gasteiger partial charge is 0.455 e. The Bertz CT molecular complexity index is 1420. The van der Waals surface area contributed by atoms with Gasteiger partial charge in [-0.1, -0.05) is 47.1 Å². The number of furan rings is 1. The normalized spacial score (nSPS) is 13.8. The quantitative estimate of drug-likeness (QED) is 0.390. The van der Waals surface area contributed by atoms with Gasteiger partial charge in [0, 0.05) is 21.0 Å². The first-order chi connectivity index (χ1) is 13.9. The molecule has 0 saturated heterocycles. The number of rotatable bonds is 1. The fourth-order valence-corrected chi connectivity index (χ4v) is 3.85. The molecule has 2 aromatic heterocycles. The van der Waals surface area contributed by atoms with Crippen LogP contribution in [0.2, 0.25) is 0 Å². The van der Waals surface area contributed by atoms with Crippen LogP contribution in [0, 0.1) is 13.8 Å². The van der Waals surface area contributed by atoms with Gasteiger partial charge in [-0.25, -0.2) is 0 Å². The molecule has 126 valence electrons. The molecule has 0 fully saturated rings. The van der Waals surface area contributed by atoms with E-state index in [9.17, 15) is 0 Å². The van der Waals surface area contributed by atoms with Crippen molar-refractivity contribution in [2.24, 2.45) is 7.05 Å². The van der Waals surface area contributed by atoms with Gasteiger partial charge in [0.1, 0.15) is 11.2 Å². The molecular formula is C23H19N2O+. The van der Waals surface area contributed by atoms with Gasteiger partial charge in [-0.05, 0) is 46.8 Å². The van der Waals surface area contributed by atoms with Crippen LogP contribution < -0.4 is 4.68 Å². The van der Waals surface area contributed by atoms with E-state index < -0.39 is 6.85 Å². The van der Waals surface area contributed by atoms with E-state index in [4.69, 9.17) is 8.53 Å². The molecule has 5 rings (SSSR count). The van der Waals surface area contributed by atoms with Crippen molar-refractivity contribution in [2.75, 3.05) is 0 Å². The molecule has 0 aliphatic heterocycles. The summed E-state index contributed by atoms with van der Waals surface area (Å²) < 4.78 is 31.4. The Hall–Kier alpha value is -3.20. The predicted molar refractivity (Wildman–Crippen MR) is 105 cm³/mol. The lowest BCUT2D eigenvalue weighted by atomic mass is 9.93. The number of nitrogens with zero attached hydrogens (tertiary/aromatic N) is 2. The molecule has 0 aliphatic rings. The lowest BCUT2D eigenvalue weighted by Crippen LogP contribution is -2.35. The van der Waals surface area contributed by atoms with Gasteiger partial charge in [-0.3, -0.25) is 0 Å². The van der Waals surface area contributed by atoms with Crippen LogP contribution in [0.15, 0.2) is 65.2 Å². The molecular weight excluding hydrogens is 320 g/mol. The first kappa shape index (κ1) is 12.2. The average Bonchev–Trinajstić information content (AvgIpc) is 3.08. The number of benzene rings is 3. The Morgan fingerprint density at radius 3 is 2.54 bits per heavy atom. The third-order valence-corrected chi connectivity index (χ3v) is 5.06. The highest BCUT2D eigenvalue weighted by atomic mass is 16.3. The molecule has 3 heteroatoms. The summed E-state index contributed by atoms with van der Waals surface area (Å²) in [6.07, 6.45) is 1.41. The maximum Gasteiger partial charge on any atom is 0.243 e. The van der Waals surface area contributed by atoms with Crippen LogP contribution in [0.3, 0.4) is 0 Å². The lowest BCUT2D eigenvalue weighted by Gasteiger charge is -2.10. The molecule has 3 aromatic carbocycles. The molecule has 2 heterocycles. The summed E-state index contributed by atoms with van der Waals surface area (Å²) in [5.41, 5.74) is 4.39. The first-order valence-corrected chi connectivity index (χ1v) is 8.56. The molecule has 0 amide bonds. The number of aromatic nitrogens is 2. The Balaban J connectivity index is 2.01. The van der Waals surface area contributed by atoms with E-state index in [0.717, 1.165) is 43.8 Å². The SMILES string of the molecule is [2H]C([2H])([2H])c1cn[n+](C)c(-c2c(C)c3ccccc3c3c2oc2ccccc23)c1. The number of aryl methyl sites for hydroxylation is 3. The van der Waals surface area contributed by atoms with Gasteiger partial charge >= 0.3 is 0 Å². The van der Waals surface area contributed by atoms with Crippen LogP contribution >= 0.6 is 0 Å². The van der Waals surface area contributed by atoms with Crippen molar-refractivity contribution in [1.29, 1.82) is 0 Å². The van der Waals surface area contributed by atoms with Crippen molar-refractivity contribution >= 4 is 32.7 Å². The van der Waals surface area contributed by atoms with Gasteiger partial charge in [-0.2, -0.15) is 0 Å². The van der Waals surface area contributed by atoms with E-state index >= 15 is 0 Å². The third kappa shape index (κ3) is 2.00. The van der Waals surface area contributed by atoms with E-state index in [2.05, 4.69) is 23.3 Å². The molecule has 0 spiro atoms. The zero-order valence-electron chi connectivity index (χ0n) is 17.6. The van der Waals surface area contributed by atoms with Gasteiger partial charge in [0.2, 0.25) is 5.69 Å². The second-order valence-corrected chi connectivity index (χ2v) is 6.60. The maximum atomic E-state index is 7.80. The van der Waals surface area contributed by atoms with Crippen molar-refractivity contribution in [3.8, 4) is 11.3 Å². The van der Waals surface area contributed by atoms with E-state index in [0.29, 0.717) is 5.69 Å². The lowest BCUT2D eigenvalue weighted by molar-refractivity contribution is -0.720. The molecule has 5 aromatic rings. The minimum Gasteiger partial charge on any atom is -0.455 e. The number of hydrogen-bond acceptors (Lipinski definition) is 2. The Morgan fingerprint density at radius 1 is 1.00 bits per heavy atom. The molecule has 26 heavy (non-hydrogen) atoms. The van der Waals surface area contributed by atoms with Crippen LogP contribution in [0.5, 0.6) is 0 Å². The van der Waals surface area contributed by atoms with E-state index in [1.54, 1.807) is 10.7 Å². The molecule has 0 unspecified atom stereocenters. The summed E-state index contributed by atoms with van der Waals surface area (Å²) in [5, 5.41) is 8.63. The predicted octanol–water partition coefficient (Wildman–Crippen LogP) is 5.24. The van der Waals surface area contributed by atoms with Gasteiger partial charge in [0.05, 0.1) is 11.8 Å². The highest BCUT2D eigenvalue weighted by Gasteiger charge is 2.24. The highest BCUT2D eigenvalue weighted by Crippen LogP contribution is 2.42. The highest BCUT2D eigenvalue weighted by molar-refractivity contribution is 6.23. The van der Waals surface area contributed by atoms with Gasteiger partial charge in [0.15, 0.2) is 7.05 Å². The summed E-state index contributed by atoms with van der Waals surface area (Å²) in [6, 6.07) is 17.9. The minimum absolute atomic E-state index is 0.211. The Morgan fingerprint density at radius 2 is 1.73 bits per heavy atom. The van der Waals surface area contributed by atoms with Crippen LogP contribution in [0.4, 0.5) is 0 Å². The zero-order valence-corrected chi connectivity index (χ0v) is 14.6. The van der Waals surface area contributed by atoms with Gasteiger partial charge in [0.25, 0.3) is 0 Å². The number of fused-ring (bicyclic) bond motifs is 5. The molecule has 0 N–H and O–H groups in total. The van der Waals surface area contributed by atoms with Crippen molar-refractivity contribution in [1.82, 2.24) is 5.10 Å². The average molecular weight is 342 g/mol. The fourth-order valence-electron chi connectivity index (χ4n) is 3.85. The monoisotopic (exact) mass is 342 g/mol. The van der Waals surface area contributed by atoms with Crippen LogP contribution in [0.25, 0.3) is 44.0 Å². The molecule has 0 radical (unpaired) electrons. The summed E-state index contributed by atoms with van der Waals surface area (Å²) in [4.78, 5) is 0. The van der Waals surface area contributed by atoms with Crippen LogP contribution in [-0.4, -0.2) is 5.10 Å². The van der Waals surface area contributed by atoms with Crippen molar-refractivity contribution in [3.63, 3.8) is 0 Å². The summed E-state index contributed by atoms with van der Waals surface area (Å²) >= 11 is 0. The fraction of sp³-hybridized carbons (Fsp3) is 0.130. The summed E-state index contributed by atoms with van der Waals surface area (Å²) in [6.45, 7) is -0.180. The maximum absolute atomic E-state index is 7.80. The summed E-state index contributed by atoms with van der Waals surface area (Å²) in [5.74, 6) is 0. The molecule has 0 aliphatic carbocycles. The summed E-state index contributed by atoms with van der Waals surface area (Å²) in [7, 11) is 1.82. The molecule has 3 nitrogen and oxygen atoms in total. The van der Waals surface area contributed by atoms with Crippen molar-refractivity contribution < 1.29 is 13.2 Å². The van der Waals surface area contributed by atoms with E-state index in [1.807, 2.05) is 44.3 Å². The second kappa shape index (κ2) is 5.40. The van der Waals surface area contributed by atoms with Crippen LogP contribution in [-0.2, 0) is 7.05 Å². The minimum atomic E-state index is -2.23. The van der Waals surface area contributed by atoms with Gasteiger partial charge in [-0.15, -0.1) is 0 Å². The Kier molecular flexibility index (Phi) is 2.53.